The van der Waals surface area contributed by atoms with Gasteiger partial charge in [-0.15, -0.1) is 0 Å². The van der Waals surface area contributed by atoms with E-state index in [1.54, 1.807) is 20.8 Å². The first kappa shape index (κ1) is 16.3. The van der Waals surface area contributed by atoms with Crippen LogP contribution in [0.1, 0.15) is 26.3 Å². The number of phenolic OH excluding ortho intramolecular Hbond substituents is 1. The number of benzene rings is 1. The molecule has 0 atom stereocenters. The van der Waals surface area contributed by atoms with Gasteiger partial charge in [0, 0.05) is 0 Å². The van der Waals surface area contributed by atoms with Gasteiger partial charge in [-0.25, -0.2) is 18.4 Å². The van der Waals surface area contributed by atoms with Gasteiger partial charge in [0.15, 0.2) is 0 Å². The van der Waals surface area contributed by atoms with Crippen LogP contribution in [-0.2, 0) is 20.5 Å². The molecule has 20 heavy (non-hydrogen) atoms. The molecule has 0 unspecified atom stereocenters. The molecule has 0 saturated carbocycles. The zero-order valence-electron chi connectivity index (χ0n) is 11.5. The minimum atomic E-state index is -3.69. The Bertz CT molecular complexity index is 605. The van der Waals surface area contributed by atoms with E-state index in [0.717, 1.165) is 0 Å². The molecule has 0 heterocycles. The minimum absolute atomic E-state index is 0.0559. The Kier molecular flexibility index (Phi) is 4.61. The molecular formula is C12H18N2O5S. The number of hydrogen-bond donors (Lipinski definition) is 3. The Labute approximate surface area is 117 Å². The number of hydrogen-bond acceptors (Lipinski definition) is 5. The van der Waals surface area contributed by atoms with Crippen molar-refractivity contribution in [1.82, 2.24) is 0 Å². The maximum atomic E-state index is 11.6. The fourth-order valence-electron chi connectivity index (χ4n) is 1.42. The number of nitrogens with two attached hydrogens (primary N) is 1. The lowest BCUT2D eigenvalue weighted by atomic mass is 10.2. The maximum absolute atomic E-state index is 11.6. The average Bonchev–Trinajstić information content (AvgIpc) is 2.18. The molecule has 1 aromatic carbocycles. The van der Waals surface area contributed by atoms with Gasteiger partial charge in [0.05, 0.1) is 11.4 Å². The van der Waals surface area contributed by atoms with Gasteiger partial charge in [-0.2, -0.15) is 0 Å². The highest BCUT2D eigenvalue weighted by atomic mass is 32.2. The van der Waals surface area contributed by atoms with E-state index in [9.17, 15) is 18.3 Å². The first-order valence-electron chi connectivity index (χ1n) is 5.79. The van der Waals surface area contributed by atoms with Gasteiger partial charge < -0.3 is 9.84 Å². The molecule has 8 heteroatoms. The Morgan fingerprint density at radius 1 is 1.40 bits per heavy atom. The fourth-order valence-corrected chi connectivity index (χ4v) is 2.06. The topological polar surface area (TPSA) is 119 Å². The van der Waals surface area contributed by atoms with Gasteiger partial charge in [-0.05, 0) is 38.5 Å². The van der Waals surface area contributed by atoms with Crippen molar-refractivity contribution in [2.45, 2.75) is 32.1 Å². The molecule has 0 aliphatic heterocycles. The molecule has 112 valence electrons. The van der Waals surface area contributed by atoms with Crippen molar-refractivity contribution in [2.24, 2.45) is 5.14 Å². The molecule has 0 aliphatic rings. The summed E-state index contributed by atoms with van der Waals surface area (Å²) < 4.78 is 27.1. The molecular weight excluding hydrogens is 284 g/mol. The highest BCUT2D eigenvalue weighted by Gasteiger charge is 2.17. The predicted molar refractivity (Wildman–Crippen MR) is 74.8 cm³/mol. The number of carbonyl (C=O) groups excluding carboxylic acids is 1. The number of sulfonamides is 1. The summed E-state index contributed by atoms with van der Waals surface area (Å²) in [6.07, 6.45) is -0.749. The van der Waals surface area contributed by atoms with Crippen molar-refractivity contribution in [3.63, 3.8) is 0 Å². The lowest BCUT2D eigenvalue weighted by Gasteiger charge is -2.20. The molecule has 0 fully saturated rings. The van der Waals surface area contributed by atoms with E-state index in [-0.39, 0.29) is 11.4 Å². The SMILES string of the molecule is CC(C)(C)OC(=O)Nc1cc(CS(N)(=O)=O)ccc1O. The van der Waals surface area contributed by atoms with Gasteiger partial charge in [0.2, 0.25) is 10.0 Å². The number of ether oxygens (including phenoxy) is 1. The quantitative estimate of drug-likeness (QED) is 0.731. The van der Waals surface area contributed by atoms with Crippen molar-refractivity contribution >= 4 is 21.8 Å². The third-order valence-electron chi connectivity index (χ3n) is 2.06. The maximum Gasteiger partial charge on any atom is 0.412 e. The van der Waals surface area contributed by atoms with E-state index in [4.69, 9.17) is 9.88 Å². The second-order valence-electron chi connectivity index (χ2n) is 5.29. The molecule has 1 rings (SSSR count). The van der Waals surface area contributed by atoms with E-state index in [2.05, 4.69) is 5.32 Å². The normalized spacial score (nSPS) is 12.0. The van der Waals surface area contributed by atoms with Gasteiger partial charge >= 0.3 is 6.09 Å². The van der Waals surface area contributed by atoms with Crippen LogP contribution in [-0.4, -0.2) is 25.2 Å². The van der Waals surface area contributed by atoms with E-state index in [0.29, 0.717) is 5.56 Å². The Hall–Kier alpha value is -1.80. The Morgan fingerprint density at radius 2 is 2.00 bits per heavy atom. The van der Waals surface area contributed by atoms with E-state index >= 15 is 0 Å². The van der Waals surface area contributed by atoms with Crippen molar-refractivity contribution in [3.8, 4) is 5.75 Å². The Balaban J connectivity index is 2.90. The smallest absolute Gasteiger partial charge is 0.412 e. The van der Waals surface area contributed by atoms with Crippen LogP contribution in [0.3, 0.4) is 0 Å². The largest absolute Gasteiger partial charge is 0.506 e. The molecule has 0 bridgehead atoms. The molecule has 4 N–H and O–H groups in total. The highest BCUT2D eigenvalue weighted by Crippen LogP contribution is 2.25. The molecule has 0 saturated heterocycles. The summed E-state index contributed by atoms with van der Waals surface area (Å²) in [6, 6.07) is 4.00. The number of rotatable bonds is 3. The van der Waals surface area contributed by atoms with Crippen LogP contribution in [0, 0.1) is 0 Å². The number of carbonyl (C=O) groups is 1. The highest BCUT2D eigenvalue weighted by molar-refractivity contribution is 7.88. The summed E-state index contributed by atoms with van der Waals surface area (Å²) in [6.45, 7) is 5.09. The number of phenols is 1. The summed E-state index contributed by atoms with van der Waals surface area (Å²) in [5.41, 5.74) is -0.283. The second kappa shape index (κ2) is 5.68. The molecule has 0 radical (unpaired) electrons. The molecule has 0 spiro atoms. The van der Waals surface area contributed by atoms with Crippen LogP contribution >= 0.6 is 0 Å². The van der Waals surface area contributed by atoms with Crippen LogP contribution in [0.15, 0.2) is 18.2 Å². The monoisotopic (exact) mass is 302 g/mol. The van der Waals surface area contributed by atoms with Crippen molar-refractivity contribution in [3.05, 3.63) is 23.8 Å². The first-order chi connectivity index (χ1) is 8.96. The molecule has 0 aliphatic carbocycles. The van der Waals surface area contributed by atoms with Crippen LogP contribution in [0.25, 0.3) is 0 Å². The Morgan fingerprint density at radius 3 is 2.50 bits per heavy atom. The van der Waals surface area contributed by atoms with E-state index in [1.807, 2.05) is 0 Å². The summed E-state index contributed by atoms with van der Waals surface area (Å²) in [4.78, 5) is 11.6. The average molecular weight is 302 g/mol. The number of anilines is 1. The first-order valence-corrected chi connectivity index (χ1v) is 7.50. The van der Waals surface area contributed by atoms with Gasteiger partial charge in [-0.3, -0.25) is 5.32 Å². The standard InChI is InChI=1S/C12H18N2O5S/c1-12(2,3)19-11(16)14-9-6-8(4-5-10(9)15)7-20(13,17)18/h4-6,15H,7H2,1-3H3,(H,14,16)(H2,13,17,18). The van der Waals surface area contributed by atoms with E-state index < -0.39 is 27.5 Å². The summed E-state index contributed by atoms with van der Waals surface area (Å²) in [7, 11) is -3.69. The van der Waals surface area contributed by atoms with Gasteiger partial charge in [0.1, 0.15) is 11.4 Å². The lowest BCUT2D eigenvalue weighted by Crippen LogP contribution is -2.27. The van der Waals surface area contributed by atoms with Crippen LogP contribution in [0.4, 0.5) is 10.5 Å². The van der Waals surface area contributed by atoms with Crippen molar-refractivity contribution < 1.29 is 23.1 Å². The zero-order chi connectivity index (χ0) is 15.6. The number of nitrogens with one attached hydrogen (secondary N) is 1. The summed E-state index contributed by atoms with van der Waals surface area (Å²) >= 11 is 0. The van der Waals surface area contributed by atoms with Gasteiger partial charge in [0.25, 0.3) is 0 Å². The fraction of sp³-hybridized carbons (Fsp3) is 0.417. The van der Waals surface area contributed by atoms with Crippen LogP contribution in [0.5, 0.6) is 5.75 Å². The van der Waals surface area contributed by atoms with E-state index in [1.165, 1.54) is 18.2 Å². The minimum Gasteiger partial charge on any atom is -0.506 e. The lowest BCUT2D eigenvalue weighted by molar-refractivity contribution is 0.0635. The van der Waals surface area contributed by atoms with Crippen LogP contribution in [0.2, 0.25) is 0 Å². The second-order valence-corrected chi connectivity index (χ2v) is 6.90. The molecule has 1 aromatic rings. The molecule has 0 aromatic heterocycles. The zero-order valence-corrected chi connectivity index (χ0v) is 12.3. The summed E-state index contributed by atoms with van der Waals surface area (Å²) in [5.74, 6) is -0.593. The predicted octanol–water partition coefficient (Wildman–Crippen LogP) is 1.53. The molecule has 7 nitrogen and oxygen atoms in total. The van der Waals surface area contributed by atoms with Crippen molar-refractivity contribution in [2.75, 3.05) is 5.32 Å². The number of primary sulfonamides is 1. The third kappa shape index (κ3) is 5.89. The van der Waals surface area contributed by atoms with Crippen LogP contribution < -0.4 is 10.5 Å². The third-order valence-corrected chi connectivity index (χ3v) is 2.80. The number of amides is 1. The number of aromatic hydroxyl groups is 1. The molecule has 1 amide bonds. The summed E-state index contributed by atoms with van der Waals surface area (Å²) in [5, 5.41) is 16.9. The van der Waals surface area contributed by atoms with Gasteiger partial charge in [-0.1, -0.05) is 6.07 Å². The van der Waals surface area contributed by atoms with Crippen molar-refractivity contribution in [1.29, 1.82) is 0 Å².